The summed E-state index contributed by atoms with van der Waals surface area (Å²) < 4.78 is 0. The summed E-state index contributed by atoms with van der Waals surface area (Å²) in [6.07, 6.45) is 0. The predicted octanol–water partition coefficient (Wildman–Crippen LogP) is 8.86. The first-order valence-corrected chi connectivity index (χ1v) is 12.5. The highest BCUT2D eigenvalue weighted by atomic mass is 35.5. The SMILES string of the molecule is Clc1ccc(-c2ccccc2-c2nc(-c3ccccc3)nc(-c3ccccc3)n2)c(-c2ccccc2)c1. The van der Waals surface area contributed by atoms with Gasteiger partial charge >= 0.3 is 0 Å². The topological polar surface area (TPSA) is 38.7 Å². The second-order valence-electron chi connectivity index (χ2n) is 8.64. The minimum atomic E-state index is 0.622. The van der Waals surface area contributed by atoms with Crippen LogP contribution in [0, 0.1) is 0 Å². The van der Waals surface area contributed by atoms with Crippen LogP contribution in [0.5, 0.6) is 0 Å². The van der Waals surface area contributed by atoms with Gasteiger partial charge in [0, 0.05) is 21.7 Å². The molecule has 0 unspecified atom stereocenters. The van der Waals surface area contributed by atoms with Gasteiger partial charge in [-0.05, 0) is 34.4 Å². The fraction of sp³-hybridized carbons (Fsp3) is 0. The van der Waals surface area contributed by atoms with Crippen molar-refractivity contribution >= 4 is 11.6 Å². The average Bonchev–Trinajstić information content (AvgIpc) is 2.98. The number of hydrogen-bond donors (Lipinski definition) is 0. The van der Waals surface area contributed by atoms with Gasteiger partial charge in [0.25, 0.3) is 0 Å². The molecule has 0 N–H and O–H groups in total. The lowest BCUT2D eigenvalue weighted by Gasteiger charge is -2.15. The maximum Gasteiger partial charge on any atom is 0.164 e. The molecular weight excluding hydrogens is 474 g/mol. The van der Waals surface area contributed by atoms with E-state index in [1.807, 2.05) is 103 Å². The second kappa shape index (κ2) is 10.2. The van der Waals surface area contributed by atoms with Crippen molar-refractivity contribution in [3.8, 4) is 56.4 Å². The van der Waals surface area contributed by atoms with E-state index in [1.165, 1.54) is 0 Å². The predicted molar refractivity (Wildman–Crippen MR) is 152 cm³/mol. The third kappa shape index (κ3) is 4.77. The van der Waals surface area contributed by atoms with Crippen LogP contribution in [0.15, 0.2) is 133 Å². The molecule has 0 aliphatic carbocycles. The van der Waals surface area contributed by atoms with Gasteiger partial charge in [-0.1, -0.05) is 133 Å². The quantitative estimate of drug-likeness (QED) is 0.240. The zero-order chi connectivity index (χ0) is 25.0. The van der Waals surface area contributed by atoms with Gasteiger partial charge in [0.15, 0.2) is 17.5 Å². The number of nitrogens with zero attached hydrogens (tertiary/aromatic N) is 3. The van der Waals surface area contributed by atoms with Crippen molar-refractivity contribution in [1.82, 2.24) is 15.0 Å². The Kier molecular flexibility index (Phi) is 6.28. The fourth-order valence-corrected chi connectivity index (χ4v) is 4.62. The summed E-state index contributed by atoms with van der Waals surface area (Å²) in [5.74, 6) is 1.90. The van der Waals surface area contributed by atoms with E-state index < -0.39 is 0 Å². The van der Waals surface area contributed by atoms with E-state index in [1.54, 1.807) is 0 Å². The van der Waals surface area contributed by atoms with Crippen LogP contribution in [0.4, 0.5) is 0 Å². The van der Waals surface area contributed by atoms with Crippen molar-refractivity contribution in [2.24, 2.45) is 0 Å². The molecule has 0 amide bonds. The zero-order valence-electron chi connectivity index (χ0n) is 19.9. The molecule has 0 radical (unpaired) electrons. The first-order chi connectivity index (χ1) is 18.3. The van der Waals surface area contributed by atoms with Gasteiger partial charge in [-0.15, -0.1) is 0 Å². The van der Waals surface area contributed by atoms with Crippen molar-refractivity contribution in [2.45, 2.75) is 0 Å². The highest BCUT2D eigenvalue weighted by Gasteiger charge is 2.17. The molecule has 3 nitrogen and oxygen atoms in total. The highest BCUT2D eigenvalue weighted by molar-refractivity contribution is 6.31. The molecule has 0 saturated heterocycles. The van der Waals surface area contributed by atoms with Crippen molar-refractivity contribution in [3.63, 3.8) is 0 Å². The summed E-state index contributed by atoms with van der Waals surface area (Å²) in [5.41, 5.74) is 7.06. The molecule has 37 heavy (non-hydrogen) atoms. The average molecular weight is 496 g/mol. The monoisotopic (exact) mass is 495 g/mol. The van der Waals surface area contributed by atoms with E-state index in [0.717, 1.165) is 38.9 Å². The van der Waals surface area contributed by atoms with Gasteiger partial charge in [-0.25, -0.2) is 15.0 Å². The van der Waals surface area contributed by atoms with Crippen molar-refractivity contribution in [2.75, 3.05) is 0 Å². The lowest BCUT2D eigenvalue weighted by Crippen LogP contribution is -2.01. The molecule has 1 aromatic heterocycles. The van der Waals surface area contributed by atoms with Crippen LogP contribution in [0.1, 0.15) is 0 Å². The summed E-state index contributed by atoms with van der Waals surface area (Å²) in [4.78, 5) is 14.8. The molecule has 0 fully saturated rings. The molecule has 0 spiro atoms. The number of benzene rings is 5. The lowest BCUT2D eigenvalue weighted by molar-refractivity contribution is 1.07. The van der Waals surface area contributed by atoms with E-state index in [9.17, 15) is 0 Å². The van der Waals surface area contributed by atoms with Crippen LogP contribution in [-0.4, -0.2) is 15.0 Å². The molecule has 0 bridgehead atoms. The Bertz CT molecular complexity index is 1610. The second-order valence-corrected chi connectivity index (χ2v) is 9.08. The standard InChI is InChI=1S/C33H22ClN3/c34-26-20-21-28(30(22-26)23-12-4-1-5-13-23)27-18-10-11-19-29(27)33-36-31(24-14-6-2-7-15-24)35-32(37-33)25-16-8-3-9-17-25/h1-22H. The number of hydrogen-bond acceptors (Lipinski definition) is 3. The first-order valence-electron chi connectivity index (χ1n) is 12.1. The van der Waals surface area contributed by atoms with E-state index in [-0.39, 0.29) is 0 Å². The Hall–Kier alpha value is -4.60. The molecule has 0 aliphatic rings. The Labute approximate surface area is 221 Å². The van der Waals surface area contributed by atoms with Gasteiger partial charge < -0.3 is 0 Å². The molecule has 176 valence electrons. The molecule has 0 atom stereocenters. The normalized spacial score (nSPS) is 10.8. The van der Waals surface area contributed by atoms with Gasteiger partial charge in [-0.3, -0.25) is 0 Å². The molecule has 5 aromatic carbocycles. The Morgan fingerprint density at radius 1 is 0.351 bits per heavy atom. The minimum absolute atomic E-state index is 0.622. The van der Waals surface area contributed by atoms with Crippen LogP contribution in [0.3, 0.4) is 0 Å². The molecule has 4 heteroatoms. The van der Waals surface area contributed by atoms with E-state index in [4.69, 9.17) is 26.6 Å². The lowest BCUT2D eigenvalue weighted by atomic mass is 9.91. The maximum absolute atomic E-state index is 6.46. The van der Waals surface area contributed by atoms with Crippen LogP contribution in [-0.2, 0) is 0 Å². The Balaban J connectivity index is 1.58. The number of aromatic nitrogens is 3. The van der Waals surface area contributed by atoms with Crippen molar-refractivity contribution < 1.29 is 0 Å². The molecule has 0 saturated carbocycles. The van der Waals surface area contributed by atoms with Gasteiger partial charge in [-0.2, -0.15) is 0 Å². The first kappa shape index (κ1) is 22.8. The van der Waals surface area contributed by atoms with E-state index in [0.29, 0.717) is 22.5 Å². The summed E-state index contributed by atoms with van der Waals surface area (Å²) in [6.45, 7) is 0. The summed E-state index contributed by atoms with van der Waals surface area (Å²) in [6, 6.07) is 44.6. The van der Waals surface area contributed by atoms with Crippen molar-refractivity contribution in [3.05, 3.63) is 138 Å². The van der Waals surface area contributed by atoms with E-state index in [2.05, 4.69) is 30.3 Å². The minimum Gasteiger partial charge on any atom is -0.208 e. The summed E-state index contributed by atoms with van der Waals surface area (Å²) >= 11 is 6.46. The molecule has 1 heterocycles. The number of rotatable bonds is 5. The van der Waals surface area contributed by atoms with Crippen molar-refractivity contribution in [1.29, 1.82) is 0 Å². The van der Waals surface area contributed by atoms with E-state index >= 15 is 0 Å². The molecular formula is C33H22ClN3. The van der Waals surface area contributed by atoms with Gasteiger partial charge in [0.05, 0.1) is 0 Å². The van der Waals surface area contributed by atoms with Crippen LogP contribution >= 0.6 is 11.6 Å². The largest absolute Gasteiger partial charge is 0.208 e. The number of halogens is 1. The molecule has 6 rings (SSSR count). The Morgan fingerprint density at radius 3 is 1.35 bits per heavy atom. The Morgan fingerprint density at radius 2 is 0.784 bits per heavy atom. The van der Waals surface area contributed by atoms with Crippen LogP contribution in [0.2, 0.25) is 5.02 Å². The molecule has 6 aromatic rings. The fourth-order valence-electron chi connectivity index (χ4n) is 4.45. The van der Waals surface area contributed by atoms with Crippen LogP contribution in [0.25, 0.3) is 56.4 Å². The third-order valence-electron chi connectivity index (χ3n) is 6.22. The highest BCUT2D eigenvalue weighted by Crippen LogP contribution is 2.39. The summed E-state index contributed by atoms with van der Waals surface area (Å²) in [7, 11) is 0. The van der Waals surface area contributed by atoms with Gasteiger partial charge in [0.1, 0.15) is 0 Å². The van der Waals surface area contributed by atoms with Crippen LogP contribution < -0.4 is 0 Å². The van der Waals surface area contributed by atoms with Gasteiger partial charge in [0.2, 0.25) is 0 Å². The summed E-state index contributed by atoms with van der Waals surface area (Å²) in [5, 5.41) is 0.693. The molecule has 0 aliphatic heterocycles. The maximum atomic E-state index is 6.46. The smallest absolute Gasteiger partial charge is 0.164 e. The zero-order valence-corrected chi connectivity index (χ0v) is 20.7. The third-order valence-corrected chi connectivity index (χ3v) is 6.46.